The van der Waals surface area contributed by atoms with Crippen LogP contribution >= 0.6 is 23.1 Å². The number of likely N-dealkylation sites (N-methyl/N-ethyl adjacent to an activating group) is 1. The van der Waals surface area contributed by atoms with Gasteiger partial charge in [0.15, 0.2) is 0 Å². The van der Waals surface area contributed by atoms with E-state index in [1.807, 2.05) is 37.1 Å². The molecule has 148 valence electrons. The molecule has 1 aromatic carbocycles. The lowest BCUT2D eigenvalue weighted by Gasteiger charge is -2.19. The van der Waals surface area contributed by atoms with Gasteiger partial charge in [-0.3, -0.25) is 0 Å². The molecule has 28 heavy (non-hydrogen) atoms. The number of aliphatic hydroxyl groups excluding tert-OH is 1. The Bertz CT molecular complexity index is 960. The predicted molar refractivity (Wildman–Crippen MR) is 114 cm³/mol. The van der Waals surface area contributed by atoms with Crippen LogP contribution in [0.2, 0.25) is 0 Å². The van der Waals surface area contributed by atoms with Gasteiger partial charge in [-0.2, -0.15) is 0 Å². The predicted octanol–water partition coefficient (Wildman–Crippen LogP) is 3.90. The van der Waals surface area contributed by atoms with Gasteiger partial charge in [-0.1, -0.05) is 18.2 Å². The zero-order chi connectivity index (χ0) is 20.1. The third-order valence-electron chi connectivity index (χ3n) is 4.19. The molecule has 0 unspecified atom stereocenters. The Morgan fingerprint density at radius 2 is 2.04 bits per heavy atom. The number of aliphatic hydroxyl groups is 1. The summed E-state index contributed by atoms with van der Waals surface area (Å²) in [6.45, 7) is 4.47. The van der Waals surface area contributed by atoms with E-state index < -0.39 is 0 Å². The molecule has 0 atom stereocenters. The Morgan fingerprint density at radius 3 is 2.71 bits per heavy atom. The van der Waals surface area contributed by atoms with Crippen molar-refractivity contribution < 1.29 is 14.6 Å². The number of esters is 1. The number of benzene rings is 1. The van der Waals surface area contributed by atoms with Crippen LogP contribution in [0.4, 0.5) is 5.82 Å². The lowest BCUT2D eigenvalue weighted by Crippen LogP contribution is -2.23. The number of carbonyl (C=O) groups excluding carboxylic acids is 1. The SMILES string of the molecule is CCOC(=O)c1sc2nc(CSc3ccccc3)nc(N(C)CCO)c2c1C. The van der Waals surface area contributed by atoms with Crippen LogP contribution in [0.1, 0.15) is 28.0 Å². The zero-order valence-corrected chi connectivity index (χ0v) is 17.8. The molecule has 0 spiro atoms. The molecule has 0 fully saturated rings. The first kappa shape index (κ1) is 20.6. The van der Waals surface area contributed by atoms with Crippen LogP contribution in [0.5, 0.6) is 0 Å². The first-order chi connectivity index (χ1) is 13.5. The van der Waals surface area contributed by atoms with Crippen LogP contribution < -0.4 is 4.90 Å². The molecule has 0 amide bonds. The molecular weight excluding hydrogens is 394 g/mol. The molecule has 3 aromatic rings. The standard InChI is InChI=1S/C20H23N3O3S2/c1-4-26-20(25)17-13(2)16-18(23(3)10-11-24)21-15(22-19(16)28-17)12-27-14-8-6-5-7-9-14/h5-9,24H,4,10-12H2,1-3H3. The summed E-state index contributed by atoms with van der Waals surface area (Å²) in [5.41, 5.74) is 0.820. The fraction of sp³-hybridized carbons (Fsp3) is 0.350. The Labute approximate surface area is 172 Å². The van der Waals surface area contributed by atoms with E-state index in [0.29, 0.717) is 29.6 Å². The van der Waals surface area contributed by atoms with Crippen molar-refractivity contribution in [2.24, 2.45) is 0 Å². The van der Waals surface area contributed by atoms with Crippen LogP contribution in [-0.2, 0) is 10.5 Å². The van der Waals surface area contributed by atoms with Gasteiger partial charge in [0.05, 0.1) is 24.4 Å². The highest BCUT2D eigenvalue weighted by Gasteiger charge is 2.22. The number of anilines is 1. The minimum atomic E-state index is -0.334. The molecule has 2 aromatic heterocycles. The summed E-state index contributed by atoms with van der Waals surface area (Å²) in [6.07, 6.45) is 0. The second-order valence-corrected chi connectivity index (χ2v) is 8.21. The number of hydrogen-bond acceptors (Lipinski definition) is 8. The van der Waals surface area contributed by atoms with Gasteiger partial charge in [0.1, 0.15) is 21.3 Å². The second kappa shape index (κ2) is 9.36. The molecule has 1 N–H and O–H groups in total. The molecule has 0 aliphatic carbocycles. The molecule has 2 heterocycles. The van der Waals surface area contributed by atoms with Crippen molar-refractivity contribution in [3.63, 3.8) is 0 Å². The maximum absolute atomic E-state index is 12.3. The van der Waals surface area contributed by atoms with Crippen molar-refractivity contribution in [2.75, 3.05) is 31.7 Å². The molecule has 0 saturated heterocycles. The van der Waals surface area contributed by atoms with Gasteiger partial charge in [-0.05, 0) is 31.5 Å². The van der Waals surface area contributed by atoms with Crippen molar-refractivity contribution in [3.05, 3.63) is 46.6 Å². The van der Waals surface area contributed by atoms with Crippen molar-refractivity contribution in [3.8, 4) is 0 Å². The summed E-state index contributed by atoms with van der Waals surface area (Å²) in [4.78, 5) is 26.1. The minimum Gasteiger partial charge on any atom is -0.462 e. The van der Waals surface area contributed by atoms with Crippen molar-refractivity contribution in [1.29, 1.82) is 0 Å². The van der Waals surface area contributed by atoms with Gasteiger partial charge in [0.25, 0.3) is 0 Å². The minimum absolute atomic E-state index is 0.0179. The molecule has 3 rings (SSSR count). The highest BCUT2D eigenvalue weighted by atomic mass is 32.2. The van der Waals surface area contributed by atoms with Crippen LogP contribution in [-0.4, -0.2) is 47.8 Å². The topological polar surface area (TPSA) is 75.5 Å². The summed E-state index contributed by atoms with van der Waals surface area (Å²) in [5.74, 6) is 1.70. The van der Waals surface area contributed by atoms with E-state index >= 15 is 0 Å². The second-order valence-electron chi connectivity index (χ2n) is 6.17. The normalized spacial score (nSPS) is 11.0. The number of ether oxygens (including phenoxy) is 1. The van der Waals surface area contributed by atoms with Gasteiger partial charge in [0.2, 0.25) is 0 Å². The van der Waals surface area contributed by atoms with Crippen LogP contribution in [0, 0.1) is 6.92 Å². The number of carbonyl (C=O) groups is 1. The number of thioether (sulfide) groups is 1. The quantitative estimate of drug-likeness (QED) is 0.440. The lowest BCUT2D eigenvalue weighted by molar-refractivity contribution is 0.0531. The number of aryl methyl sites for hydroxylation is 1. The molecule has 0 radical (unpaired) electrons. The molecular formula is C20H23N3O3S2. The first-order valence-corrected chi connectivity index (χ1v) is 10.8. The van der Waals surface area contributed by atoms with Crippen molar-refractivity contribution in [1.82, 2.24) is 9.97 Å². The maximum Gasteiger partial charge on any atom is 0.348 e. The number of nitrogens with zero attached hydrogens (tertiary/aromatic N) is 3. The number of hydrogen-bond donors (Lipinski definition) is 1. The molecule has 0 bridgehead atoms. The summed E-state index contributed by atoms with van der Waals surface area (Å²) in [6, 6.07) is 10.1. The van der Waals surface area contributed by atoms with Gasteiger partial charge < -0.3 is 14.7 Å². The summed E-state index contributed by atoms with van der Waals surface area (Å²) >= 11 is 2.99. The average Bonchev–Trinajstić information content (AvgIpc) is 3.03. The zero-order valence-electron chi connectivity index (χ0n) is 16.1. The van der Waals surface area contributed by atoms with E-state index in [1.165, 1.54) is 11.3 Å². The third-order valence-corrected chi connectivity index (χ3v) is 6.36. The van der Waals surface area contributed by atoms with E-state index in [0.717, 1.165) is 26.5 Å². The van der Waals surface area contributed by atoms with Gasteiger partial charge in [-0.25, -0.2) is 14.8 Å². The lowest BCUT2D eigenvalue weighted by atomic mass is 10.2. The van der Waals surface area contributed by atoms with Crippen molar-refractivity contribution >= 4 is 45.1 Å². The van der Waals surface area contributed by atoms with Gasteiger partial charge >= 0.3 is 5.97 Å². The highest BCUT2D eigenvalue weighted by molar-refractivity contribution is 7.98. The maximum atomic E-state index is 12.3. The Morgan fingerprint density at radius 1 is 1.29 bits per heavy atom. The number of fused-ring (bicyclic) bond motifs is 1. The van der Waals surface area contributed by atoms with Gasteiger partial charge in [0, 0.05) is 18.5 Å². The summed E-state index contributed by atoms with van der Waals surface area (Å²) < 4.78 is 5.19. The molecule has 0 saturated carbocycles. The van der Waals surface area contributed by atoms with E-state index in [-0.39, 0.29) is 12.6 Å². The van der Waals surface area contributed by atoms with Gasteiger partial charge in [-0.15, -0.1) is 23.1 Å². The van der Waals surface area contributed by atoms with Crippen LogP contribution in [0.3, 0.4) is 0 Å². The Hall–Kier alpha value is -2.16. The Kier molecular flexibility index (Phi) is 6.88. The van der Waals surface area contributed by atoms with Crippen LogP contribution in [0.15, 0.2) is 35.2 Å². The molecule has 8 heteroatoms. The monoisotopic (exact) mass is 417 g/mol. The fourth-order valence-corrected chi connectivity index (χ4v) is 4.68. The summed E-state index contributed by atoms with van der Waals surface area (Å²) in [7, 11) is 1.88. The fourth-order valence-electron chi connectivity index (χ4n) is 2.81. The number of rotatable bonds is 8. The number of aromatic nitrogens is 2. The first-order valence-electron chi connectivity index (χ1n) is 9.02. The average molecular weight is 418 g/mol. The van der Waals surface area contributed by atoms with Crippen molar-refractivity contribution in [2.45, 2.75) is 24.5 Å². The molecule has 0 aliphatic heterocycles. The van der Waals surface area contributed by atoms with E-state index in [1.54, 1.807) is 18.7 Å². The molecule has 6 nitrogen and oxygen atoms in total. The third kappa shape index (κ3) is 4.45. The van der Waals surface area contributed by atoms with Crippen LogP contribution in [0.25, 0.3) is 10.2 Å². The number of thiophene rings is 1. The molecule has 0 aliphatic rings. The largest absolute Gasteiger partial charge is 0.462 e. The highest BCUT2D eigenvalue weighted by Crippen LogP contribution is 2.36. The van der Waals surface area contributed by atoms with E-state index in [2.05, 4.69) is 12.1 Å². The van der Waals surface area contributed by atoms with E-state index in [9.17, 15) is 9.90 Å². The smallest absolute Gasteiger partial charge is 0.348 e. The summed E-state index contributed by atoms with van der Waals surface area (Å²) in [5, 5.41) is 10.2. The van der Waals surface area contributed by atoms with E-state index in [4.69, 9.17) is 14.7 Å². The Balaban J connectivity index is 2.02.